The molecule has 1 aromatic heterocycles. The molecule has 2 rings (SSSR count). The van der Waals surface area contributed by atoms with Crippen LogP contribution < -0.4 is 10.6 Å². The van der Waals surface area contributed by atoms with Gasteiger partial charge in [0.15, 0.2) is 5.96 Å². The van der Waals surface area contributed by atoms with Gasteiger partial charge in [0.25, 0.3) is 0 Å². The Morgan fingerprint density at radius 1 is 1.19 bits per heavy atom. The highest BCUT2D eigenvalue weighted by atomic mass is 127. The van der Waals surface area contributed by atoms with Crippen molar-refractivity contribution in [2.75, 3.05) is 19.6 Å². The van der Waals surface area contributed by atoms with Crippen LogP contribution in [0.15, 0.2) is 29.3 Å². The first-order chi connectivity index (χ1) is 12.5. The van der Waals surface area contributed by atoms with E-state index in [-0.39, 0.29) is 24.0 Å². The molecular weight excluding hydrogens is 463 g/mol. The van der Waals surface area contributed by atoms with Gasteiger partial charge in [-0.05, 0) is 51.3 Å². The number of rotatable bonds is 8. The fourth-order valence-electron chi connectivity index (χ4n) is 2.69. The highest BCUT2D eigenvalue weighted by Gasteiger charge is 2.05. The van der Waals surface area contributed by atoms with E-state index in [1.807, 2.05) is 25.5 Å². The molecule has 0 unspecified atom stereocenters. The molecule has 0 radical (unpaired) electrons. The van der Waals surface area contributed by atoms with Gasteiger partial charge in [0.1, 0.15) is 11.6 Å². The maximum absolute atomic E-state index is 13.6. The van der Waals surface area contributed by atoms with Crippen molar-refractivity contribution in [3.05, 3.63) is 52.9 Å². The summed E-state index contributed by atoms with van der Waals surface area (Å²) in [6.07, 6.45) is 1.34. The summed E-state index contributed by atoms with van der Waals surface area (Å²) in [4.78, 5) is 4.53. The molecule has 5 nitrogen and oxygen atoms in total. The normalized spacial score (nSPS) is 11.2. The highest BCUT2D eigenvalue weighted by Crippen LogP contribution is 2.09. The number of hydrogen-bond acceptors (Lipinski definition) is 2. The van der Waals surface area contributed by atoms with Crippen LogP contribution in [0.4, 0.5) is 8.78 Å². The lowest BCUT2D eigenvalue weighted by Gasteiger charge is -2.12. The summed E-state index contributed by atoms with van der Waals surface area (Å²) in [7, 11) is 0. The Morgan fingerprint density at radius 2 is 1.96 bits per heavy atom. The molecule has 0 aliphatic heterocycles. The van der Waals surface area contributed by atoms with Crippen molar-refractivity contribution in [3.63, 3.8) is 0 Å². The minimum atomic E-state index is -0.559. The summed E-state index contributed by atoms with van der Waals surface area (Å²) in [5.41, 5.74) is 2.66. The molecule has 150 valence electrons. The fraction of sp³-hybridized carbons (Fsp3) is 0.474. The molecule has 1 heterocycles. The van der Waals surface area contributed by atoms with E-state index in [2.05, 4.69) is 26.8 Å². The largest absolute Gasteiger partial charge is 0.357 e. The van der Waals surface area contributed by atoms with Crippen LogP contribution in [-0.4, -0.2) is 35.4 Å². The first kappa shape index (κ1) is 23.3. The second kappa shape index (κ2) is 11.9. The van der Waals surface area contributed by atoms with Gasteiger partial charge in [0, 0.05) is 37.9 Å². The van der Waals surface area contributed by atoms with Crippen molar-refractivity contribution in [3.8, 4) is 0 Å². The standard InChI is InChI=1S/C19H27F2N5.HI/c1-4-22-19(23-9-5-11-26-15(3)12-14(2)25-26)24-10-8-16-6-7-17(20)13-18(16)21;/h6-7,12-13H,4-5,8-11H2,1-3H3,(H2,22,23,24);1H. The number of aryl methyl sites for hydroxylation is 3. The molecule has 0 spiro atoms. The summed E-state index contributed by atoms with van der Waals surface area (Å²) in [6, 6.07) is 5.72. The Bertz CT molecular complexity index is 746. The molecule has 0 saturated heterocycles. The number of nitrogens with zero attached hydrogens (tertiary/aromatic N) is 3. The molecule has 0 atom stereocenters. The first-order valence-electron chi connectivity index (χ1n) is 8.96. The number of hydrogen-bond donors (Lipinski definition) is 2. The van der Waals surface area contributed by atoms with E-state index in [4.69, 9.17) is 0 Å². The molecule has 0 amide bonds. The molecule has 2 N–H and O–H groups in total. The van der Waals surface area contributed by atoms with Gasteiger partial charge in [-0.15, -0.1) is 24.0 Å². The van der Waals surface area contributed by atoms with Crippen LogP contribution in [0.1, 0.15) is 30.3 Å². The molecule has 27 heavy (non-hydrogen) atoms. The van der Waals surface area contributed by atoms with Gasteiger partial charge in [0.2, 0.25) is 0 Å². The van der Waals surface area contributed by atoms with E-state index >= 15 is 0 Å². The highest BCUT2D eigenvalue weighted by molar-refractivity contribution is 14.0. The molecule has 0 aliphatic rings. The summed E-state index contributed by atoms with van der Waals surface area (Å²) in [5.74, 6) is -0.376. The zero-order chi connectivity index (χ0) is 18.9. The smallest absolute Gasteiger partial charge is 0.191 e. The number of aromatic nitrogens is 2. The Kier molecular flexibility index (Phi) is 10.3. The van der Waals surface area contributed by atoms with Crippen LogP contribution in [0.5, 0.6) is 0 Å². The molecule has 0 fully saturated rings. The summed E-state index contributed by atoms with van der Waals surface area (Å²) < 4.78 is 28.6. The van der Waals surface area contributed by atoms with Gasteiger partial charge in [-0.1, -0.05) is 6.07 Å². The van der Waals surface area contributed by atoms with Gasteiger partial charge in [-0.3, -0.25) is 9.67 Å². The van der Waals surface area contributed by atoms with Gasteiger partial charge in [0.05, 0.1) is 5.69 Å². The van der Waals surface area contributed by atoms with Crippen molar-refractivity contribution in [2.45, 2.75) is 40.2 Å². The van der Waals surface area contributed by atoms with Crippen molar-refractivity contribution < 1.29 is 8.78 Å². The Hall–Kier alpha value is -1.71. The van der Waals surface area contributed by atoms with Crippen LogP contribution in [-0.2, 0) is 13.0 Å². The average molecular weight is 491 g/mol. The lowest BCUT2D eigenvalue weighted by molar-refractivity contribution is 0.566. The van der Waals surface area contributed by atoms with Crippen molar-refractivity contribution in [1.29, 1.82) is 0 Å². The zero-order valence-corrected chi connectivity index (χ0v) is 18.4. The van der Waals surface area contributed by atoms with Crippen molar-refractivity contribution in [1.82, 2.24) is 20.4 Å². The molecule has 2 aromatic rings. The van der Waals surface area contributed by atoms with Gasteiger partial charge in [-0.2, -0.15) is 5.10 Å². The molecule has 0 saturated carbocycles. The van der Waals surface area contributed by atoms with E-state index in [1.54, 1.807) is 0 Å². The predicted molar refractivity (Wildman–Crippen MR) is 116 cm³/mol. The quantitative estimate of drug-likeness (QED) is 0.257. The maximum atomic E-state index is 13.6. The number of nitrogens with one attached hydrogen (secondary N) is 2. The Balaban J connectivity index is 0.00000364. The number of halogens is 3. The third-order valence-corrected chi connectivity index (χ3v) is 3.95. The van der Waals surface area contributed by atoms with Gasteiger partial charge >= 0.3 is 0 Å². The topological polar surface area (TPSA) is 54.2 Å². The maximum Gasteiger partial charge on any atom is 0.191 e. The van der Waals surface area contributed by atoms with Gasteiger partial charge < -0.3 is 10.6 Å². The minimum Gasteiger partial charge on any atom is -0.357 e. The van der Waals surface area contributed by atoms with Crippen LogP contribution >= 0.6 is 24.0 Å². The lowest BCUT2D eigenvalue weighted by atomic mass is 10.1. The predicted octanol–water partition coefficient (Wildman–Crippen LogP) is 3.58. The molecule has 1 aromatic carbocycles. The summed E-state index contributed by atoms with van der Waals surface area (Å²) in [6.45, 7) is 8.77. The lowest BCUT2D eigenvalue weighted by Crippen LogP contribution is -2.38. The third-order valence-electron chi connectivity index (χ3n) is 3.95. The second-order valence-corrected chi connectivity index (χ2v) is 6.18. The minimum absolute atomic E-state index is 0. The Labute approximate surface area is 176 Å². The van der Waals surface area contributed by atoms with E-state index in [0.717, 1.165) is 37.0 Å². The van der Waals surface area contributed by atoms with Crippen molar-refractivity contribution in [2.24, 2.45) is 4.99 Å². The van der Waals surface area contributed by atoms with E-state index in [0.29, 0.717) is 31.0 Å². The van der Waals surface area contributed by atoms with Crippen molar-refractivity contribution >= 4 is 29.9 Å². The zero-order valence-electron chi connectivity index (χ0n) is 16.1. The average Bonchev–Trinajstić information content (AvgIpc) is 2.91. The van der Waals surface area contributed by atoms with Gasteiger partial charge in [-0.25, -0.2) is 8.78 Å². The summed E-state index contributed by atoms with van der Waals surface area (Å²) in [5, 5.41) is 10.8. The fourth-order valence-corrected chi connectivity index (χ4v) is 2.69. The number of guanidine groups is 1. The summed E-state index contributed by atoms with van der Waals surface area (Å²) >= 11 is 0. The molecular formula is C19H28F2IN5. The molecule has 0 bridgehead atoms. The number of benzene rings is 1. The monoisotopic (exact) mass is 491 g/mol. The van der Waals surface area contributed by atoms with Crippen LogP contribution in [0, 0.1) is 25.5 Å². The second-order valence-electron chi connectivity index (χ2n) is 6.18. The third kappa shape index (κ3) is 7.82. The molecule has 0 aliphatic carbocycles. The van der Waals surface area contributed by atoms with E-state index in [1.165, 1.54) is 12.1 Å². The Morgan fingerprint density at radius 3 is 2.59 bits per heavy atom. The van der Waals surface area contributed by atoms with E-state index in [9.17, 15) is 8.78 Å². The SMILES string of the molecule is CCNC(=NCCCn1nc(C)cc1C)NCCc1ccc(F)cc1F.I. The van der Waals surface area contributed by atoms with E-state index < -0.39 is 11.6 Å². The molecule has 8 heteroatoms. The van der Waals surface area contributed by atoms with Crippen LogP contribution in [0.2, 0.25) is 0 Å². The first-order valence-corrected chi connectivity index (χ1v) is 8.96. The van der Waals surface area contributed by atoms with Crippen LogP contribution in [0.25, 0.3) is 0 Å². The number of aliphatic imine (C=N–C) groups is 1. The van der Waals surface area contributed by atoms with Crippen LogP contribution in [0.3, 0.4) is 0 Å².